The number of para-hydroxylation sites is 2. The summed E-state index contributed by atoms with van der Waals surface area (Å²) in [5, 5.41) is 0. The maximum Gasteiger partial charge on any atom is 0.339 e. The Morgan fingerprint density at radius 3 is 2.54 bits per heavy atom. The van der Waals surface area contributed by atoms with E-state index in [1.165, 1.54) is 19.4 Å². The summed E-state index contributed by atoms with van der Waals surface area (Å²) >= 11 is 0. The molecule has 0 aliphatic carbocycles. The quantitative estimate of drug-likeness (QED) is 0.312. The van der Waals surface area contributed by atoms with Gasteiger partial charge in [0.25, 0.3) is 0 Å². The minimum atomic E-state index is -0.548. The maximum atomic E-state index is 11.7. The topological polar surface area (TPSA) is 54.0 Å². The van der Waals surface area contributed by atoms with E-state index in [2.05, 4.69) is 0 Å². The van der Waals surface area contributed by atoms with Crippen LogP contribution in [0.2, 0.25) is 0 Å². The van der Waals surface area contributed by atoms with E-state index in [1.54, 1.807) is 30.3 Å². The molecule has 126 valence electrons. The summed E-state index contributed by atoms with van der Waals surface area (Å²) in [6.07, 6.45) is 3.37. The molecule has 0 unspecified atom stereocenters. The number of carbonyl (C=O) groups is 1. The molecule has 2 aromatic carbocycles. The largest absolute Gasteiger partial charge is 0.504 e. The molecule has 0 amide bonds. The third kappa shape index (κ3) is 5.35. The summed E-state index contributed by atoms with van der Waals surface area (Å²) in [6.45, 7) is 2.69. The van der Waals surface area contributed by atoms with Crippen LogP contribution in [0.3, 0.4) is 0 Å². The lowest BCUT2D eigenvalue weighted by Gasteiger charge is -2.11. The SMILES string of the molecule is CCCOc1cccc(Oc2ccccc2OC(=O)/C=C/OC)c1. The number of methoxy groups -OCH3 is 1. The number of esters is 1. The third-order valence-electron chi connectivity index (χ3n) is 2.91. The van der Waals surface area contributed by atoms with Gasteiger partial charge >= 0.3 is 5.97 Å². The third-order valence-corrected chi connectivity index (χ3v) is 2.91. The van der Waals surface area contributed by atoms with E-state index in [9.17, 15) is 4.79 Å². The molecule has 0 fully saturated rings. The molecule has 2 rings (SSSR count). The van der Waals surface area contributed by atoms with Crippen molar-refractivity contribution < 1.29 is 23.7 Å². The summed E-state index contributed by atoms with van der Waals surface area (Å²) in [6, 6.07) is 14.3. The number of hydrogen-bond donors (Lipinski definition) is 0. The van der Waals surface area contributed by atoms with Crippen molar-refractivity contribution >= 4 is 5.97 Å². The summed E-state index contributed by atoms with van der Waals surface area (Å²) < 4.78 is 21.4. The lowest BCUT2D eigenvalue weighted by Crippen LogP contribution is -2.05. The van der Waals surface area contributed by atoms with Gasteiger partial charge in [0.05, 0.1) is 26.1 Å². The molecule has 0 bridgehead atoms. The minimum Gasteiger partial charge on any atom is -0.504 e. The summed E-state index contributed by atoms with van der Waals surface area (Å²) in [7, 11) is 1.45. The van der Waals surface area contributed by atoms with Crippen LogP contribution in [0.5, 0.6) is 23.0 Å². The van der Waals surface area contributed by atoms with Gasteiger partial charge in [-0.25, -0.2) is 4.79 Å². The molecule has 0 aromatic heterocycles. The highest BCUT2D eigenvalue weighted by Crippen LogP contribution is 2.32. The Kier molecular flexibility index (Phi) is 6.71. The maximum absolute atomic E-state index is 11.7. The molecule has 0 saturated heterocycles. The van der Waals surface area contributed by atoms with E-state index >= 15 is 0 Å². The lowest BCUT2D eigenvalue weighted by molar-refractivity contribution is -0.129. The molecule has 0 aliphatic rings. The highest BCUT2D eigenvalue weighted by molar-refractivity contribution is 5.84. The predicted octanol–water partition coefficient (Wildman–Crippen LogP) is 4.33. The molecular formula is C19H20O5. The first-order valence-corrected chi connectivity index (χ1v) is 7.64. The zero-order chi connectivity index (χ0) is 17.2. The average Bonchev–Trinajstić information content (AvgIpc) is 2.60. The van der Waals surface area contributed by atoms with Gasteiger partial charge in [-0.3, -0.25) is 0 Å². The second kappa shape index (κ2) is 9.25. The zero-order valence-electron chi connectivity index (χ0n) is 13.7. The molecule has 0 N–H and O–H groups in total. The van der Waals surface area contributed by atoms with Gasteiger partial charge in [0.15, 0.2) is 11.5 Å². The molecule has 0 radical (unpaired) electrons. The van der Waals surface area contributed by atoms with Crippen LogP contribution in [-0.2, 0) is 9.53 Å². The van der Waals surface area contributed by atoms with Crippen molar-refractivity contribution in [1.82, 2.24) is 0 Å². The van der Waals surface area contributed by atoms with Crippen LogP contribution in [0.4, 0.5) is 0 Å². The number of hydrogen-bond acceptors (Lipinski definition) is 5. The van der Waals surface area contributed by atoms with E-state index in [0.29, 0.717) is 23.9 Å². The van der Waals surface area contributed by atoms with E-state index in [4.69, 9.17) is 18.9 Å². The van der Waals surface area contributed by atoms with E-state index in [1.807, 2.05) is 25.1 Å². The van der Waals surface area contributed by atoms with Crippen LogP contribution >= 0.6 is 0 Å². The van der Waals surface area contributed by atoms with Crippen LogP contribution in [-0.4, -0.2) is 19.7 Å². The molecule has 2 aromatic rings. The molecule has 5 heteroatoms. The van der Waals surface area contributed by atoms with Gasteiger partial charge in [-0.1, -0.05) is 25.1 Å². The fourth-order valence-electron chi connectivity index (χ4n) is 1.86. The zero-order valence-corrected chi connectivity index (χ0v) is 13.7. The first-order chi connectivity index (χ1) is 11.7. The van der Waals surface area contributed by atoms with Gasteiger partial charge in [-0.15, -0.1) is 0 Å². The monoisotopic (exact) mass is 328 g/mol. The number of carbonyl (C=O) groups excluding carboxylic acids is 1. The van der Waals surface area contributed by atoms with Crippen LogP contribution in [0.15, 0.2) is 60.9 Å². The fraction of sp³-hybridized carbons (Fsp3) is 0.211. The Labute approximate surface area is 141 Å². The second-order valence-corrected chi connectivity index (χ2v) is 4.83. The van der Waals surface area contributed by atoms with Gasteiger partial charge in [-0.05, 0) is 30.7 Å². The highest BCUT2D eigenvalue weighted by Gasteiger charge is 2.09. The molecule has 0 saturated carbocycles. The summed E-state index contributed by atoms with van der Waals surface area (Å²) in [5.41, 5.74) is 0. The second-order valence-electron chi connectivity index (χ2n) is 4.83. The Balaban J connectivity index is 2.12. The van der Waals surface area contributed by atoms with Crippen molar-refractivity contribution in [1.29, 1.82) is 0 Å². The van der Waals surface area contributed by atoms with E-state index < -0.39 is 5.97 Å². The highest BCUT2D eigenvalue weighted by atomic mass is 16.6. The molecular weight excluding hydrogens is 308 g/mol. The standard InChI is InChI=1S/C19H20O5/c1-3-12-22-15-7-6-8-16(14-15)23-17-9-4-5-10-18(17)24-19(20)11-13-21-2/h4-11,13-14H,3,12H2,1-2H3/b13-11+. The van der Waals surface area contributed by atoms with Crippen molar-refractivity contribution in [3.05, 3.63) is 60.9 Å². The average molecular weight is 328 g/mol. The Morgan fingerprint density at radius 2 is 1.79 bits per heavy atom. The molecule has 0 spiro atoms. The normalized spacial score (nSPS) is 10.4. The van der Waals surface area contributed by atoms with Gasteiger partial charge < -0.3 is 18.9 Å². The first kappa shape index (κ1) is 17.4. The molecule has 5 nitrogen and oxygen atoms in total. The van der Waals surface area contributed by atoms with Crippen molar-refractivity contribution in [2.45, 2.75) is 13.3 Å². The number of benzene rings is 2. The van der Waals surface area contributed by atoms with Crippen molar-refractivity contribution in [3.63, 3.8) is 0 Å². The minimum absolute atomic E-state index is 0.322. The number of rotatable bonds is 8. The van der Waals surface area contributed by atoms with Gasteiger partial charge in [-0.2, -0.15) is 0 Å². The van der Waals surface area contributed by atoms with Crippen molar-refractivity contribution in [2.75, 3.05) is 13.7 Å². The first-order valence-electron chi connectivity index (χ1n) is 7.64. The summed E-state index contributed by atoms with van der Waals surface area (Å²) in [5.74, 6) is 1.53. The van der Waals surface area contributed by atoms with Crippen LogP contribution in [0, 0.1) is 0 Å². The Hall–Kier alpha value is -2.95. The fourth-order valence-corrected chi connectivity index (χ4v) is 1.86. The van der Waals surface area contributed by atoms with Crippen LogP contribution in [0.1, 0.15) is 13.3 Å². The van der Waals surface area contributed by atoms with Crippen molar-refractivity contribution in [3.8, 4) is 23.0 Å². The molecule has 0 aliphatic heterocycles. The smallest absolute Gasteiger partial charge is 0.339 e. The Morgan fingerprint density at radius 1 is 1.04 bits per heavy atom. The van der Waals surface area contributed by atoms with Crippen molar-refractivity contribution in [2.24, 2.45) is 0 Å². The molecule has 24 heavy (non-hydrogen) atoms. The summed E-state index contributed by atoms with van der Waals surface area (Å²) in [4.78, 5) is 11.7. The lowest BCUT2D eigenvalue weighted by atomic mass is 10.3. The molecule has 0 atom stereocenters. The predicted molar refractivity (Wildman–Crippen MR) is 90.5 cm³/mol. The Bertz CT molecular complexity index is 694. The van der Waals surface area contributed by atoms with E-state index in [0.717, 1.165) is 12.2 Å². The number of ether oxygens (including phenoxy) is 4. The van der Waals surface area contributed by atoms with Gasteiger partial charge in [0.1, 0.15) is 11.5 Å². The van der Waals surface area contributed by atoms with Gasteiger partial charge in [0.2, 0.25) is 0 Å². The van der Waals surface area contributed by atoms with Gasteiger partial charge in [0, 0.05) is 6.07 Å². The van der Waals surface area contributed by atoms with Crippen LogP contribution < -0.4 is 14.2 Å². The molecule has 0 heterocycles. The van der Waals surface area contributed by atoms with E-state index in [-0.39, 0.29) is 0 Å². The van der Waals surface area contributed by atoms with Crippen LogP contribution in [0.25, 0.3) is 0 Å².